The third-order valence-corrected chi connectivity index (χ3v) is 4.05. The Kier molecular flexibility index (Phi) is 7.23. The van der Waals surface area contributed by atoms with Crippen LogP contribution in [0.4, 0.5) is 0 Å². The average molecular weight is 304 g/mol. The second kappa shape index (κ2) is 9.46. The summed E-state index contributed by atoms with van der Waals surface area (Å²) in [5.74, 6) is 1.02. The predicted octanol–water partition coefficient (Wildman–Crippen LogP) is 2.84. The highest BCUT2D eigenvalue weighted by molar-refractivity contribution is 5.76. The largest absolute Gasteiger partial charge is 0.494 e. The van der Waals surface area contributed by atoms with Crippen LogP contribution in [0.25, 0.3) is 0 Å². The Labute approximate surface area is 133 Å². The number of hydrogen-bond donors (Lipinski definition) is 1. The molecule has 1 fully saturated rings. The van der Waals surface area contributed by atoms with Gasteiger partial charge in [-0.25, -0.2) is 0 Å². The van der Waals surface area contributed by atoms with E-state index in [9.17, 15) is 4.79 Å². The first-order chi connectivity index (χ1) is 10.8. The first kappa shape index (κ1) is 16.8. The number of nitrogens with one attached hydrogen (secondary N) is 1. The SMILES string of the molecule is CCCN1CCC(NC(=O)CCCOc2ccccc2)CC1. The molecule has 1 amide bonds. The summed E-state index contributed by atoms with van der Waals surface area (Å²) in [6, 6.07) is 10.1. The number of piperidine rings is 1. The number of carbonyl (C=O) groups is 1. The Morgan fingerprint density at radius 1 is 1.27 bits per heavy atom. The van der Waals surface area contributed by atoms with Crippen molar-refractivity contribution >= 4 is 5.91 Å². The van der Waals surface area contributed by atoms with Crippen molar-refractivity contribution < 1.29 is 9.53 Å². The molecule has 1 aliphatic rings. The van der Waals surface area contributed by atoms with E-state index in [0.29, 0.717) is 19.1 Å². The molecule has 1 N–H and O–H groups in total. The van der Waals surface area contributed by atoms with Crippen molar-refractivity contribution in [3.8, 4) is 5.75 Å². The van der Waals surface area contributed by atoms with E-state index in [1.165, 1.54) is 13.0 Å². The highest BCUT2D eigenvalue weighted by Gasteiger charge is 2.19. The Morgan fingerprint density at radius 2 is 2.00 bits per heavy atom. The third kappa shape index (κ3) is 6.06. The lowest BCUT2D eigenvalue weighted by atomic mass is 10.0. The van der Waals surface area contributed by atoms with Gasteiger partial charge in [-0.3, -0.25) is 4.79 Å². The number of amides is 1. The van der Waals surface area contributed by atoms with Crippen molar-refractivity contribution in [3.63, 3.8) is 0 Å². The second-order valence-electron chi connectivity index (χ2n) is 5.95. The fourth-order valence-corrected chi connectivity index (χ4v) is 2.86. The van der Waals surface area contributed by atoms with Gasteiger partial charge in [0.1, 0.15) is 5.75 Å². The summed E-state index contributed by atoms with van der Waals surface area (Å²) in [6.45, 7) is 6.20. The highest BCUT2D eigenvalue weighted by atomic mass is 16.5. The average Bonchev–Trinajstić information content (AvgIpc) is 2.55. The number of carbonyl (C=O) groups excluding carboxylic acids is 1. The van der Waals surface area contributed by atoms with Crippen LogP contribution < -0.4 is 10.1 Å². The standard InChI is InChI=1S/C18H28N2O2/c1-2-12-20-13-10-16(11-14-20)19-18(21)9-6-15-22-17-7-4-3-5-8-17/h3-5,7-8,16H,2,6,9-15H2,1H3,(H,19,21). The van der Waals surface area contributed by atoms with Crippen molar-refractivity contribution in [2.45, 2.75) is 45.1 Å². The Morgan fingerprint density at radius 3 is 2.68 bits per heavy atom. The number of hydrogen-bond acceptors (Lipinski definition) is 3. The lowest BCUT2D eigenvalue weighted by Gasteiger charge is -2.32. The van der Waals surface area contributed by atoms with Crippen LogP contribution in [0.1, 0.15) is 39.0 Å². The lowest BCUT2D eigenvalue weighted by molar-refractivity contribution is -0.122. The van der Waals surface area contributed by atoms with Crippen LogP contribution in [0, 0.1) is 0 Å². The number of benzene rings is 1. The molecule has 0 aromatic heterocycles. The van der Waals surface area contributed by atoms with Gasteiger partial charge in [-0.15, -0.1) is 0 Å². The zero-order valence-electron chi connectivity index (χ0n) is 13.6. The van der Waals surface area contributed by atoms with Crippen LogP contribution >= 0.6 is 0 Å². The molecule has 1 aromatic rings. The van der Waals surface area contributed by atoms with E-state index in [1.54, 1.807) is 0 Å². The van der Waals surface area contributed by atoms with Gasteiger partial charge in [0, 0.05) is 25.6 Å². The molecular formula is C18H28N2O2. The Bertz CT molecular complexity index is 428. The molecule has 0 atom stereocenters. The van der Waals surface area contributed by atoms with Crippen LogP contribution in [0.5, 0.6) is 5.75 Å². The predicted molar refractivity (Wildman–Crippen MR) is 89.1 cm³/mol. The van der Waals surface area contributed by atoms with Gasteiger partial charge in [-0.05, 0) is 44.4 Å². The minimum Gasteiger partial charge on any atom is -0.494 e. The number of ether oxygens (including phenoxy) is 1. The van der Waals surface area contributed by atoms with E-state index in [0.717, 1.165) is 38.1 Å². The molecule has 4 heteroatoms. The van der Waals surface area contributed by atoms with Gasteiger partial charge in [0.25, 0.3) is 0 Å². The Hall–Kier alpha value is -1.55. The monoisotopic (exact) mass is 304 g/mol. The minimum absolute atomic E-state index is 0.158. The fraction of sp³-hybridized carbons (Fsp3) is 0.611. The summed E-state index contributed by atoms with van der Waals surface area (Å²) in [6.07, 6.45) is 4.66. The maximum absolute atomic E-state index is 11.9. The molecule has 0 unspecified atom stereocenters. The zero-order valence-corrected chi connectivity index (χ0v) is 13.6. The second-order valence-corrected chi connectivity index (χ2v) is 5.95. The van der Waals surface area contributed by atoms with Crippen LogP contribution in [0.15, 0.2) is 30.3 Å². The van der Waals surface area contributed by atoms with Crippen LogP contribution in [-0.4, -0.2) is 43.1 Å². The van der Waals surface area contributed by atoms with Gasteiger partial charge in [-0.2, -0.15) is 0 Å². The van der Waals surface area contributed by atoms with E-state index >= 15 is 0 Å². The van der Waals surface area contributed by atoms with Crippen LogP contribution in [-0.2, 0) is 4.79 Å². The van der Waals surface area contributed by atoms with E-state index in [2.05, 4.69) is 17.1 Å². The molecule has 1 saturated heterocycles. The first-order valence-electron chi connectivity index (χ1n) is 8.47. The maximum atomic E-state index is 11.9. The maximum Gasteiger partial charge on any atom is 0.220 e. The van der Waals surface area contributed by atoms with Crippen molar-refractivity contribution in [2.24, 2.45) is 0 Å². The van der Waals surface area contributed by atoms with E-state index in [-0.39, 0.29) is 5.91 Å². The molecule has 122 valence electrons. The Balaban J connectivity index is 1.55. The quantitative estimate of drug-likeness (QED) is 0.751. The van der Waals surface area contributed by atoms with E-state index in [1.807, 2.05) is 30.3 Å². The molecule has 0 bridgehead atoms. The summed E-state index contributed by atoms with van der Waals surface area (Å²) >= 11 is 0. The van der Waals surface area contributed by atoms with E-state index in [4.69, 9.17) is 4.74 Å². The van der Waals surface area contributed by atoms with Gasteiger partial charge in [-0.1, -0.05) is 25.1 Å². The van der Waals surface area contributed by atoms with Gasteiger partial charge in [0.15, 0.2) is 0 Å². The summed E-state index contributed by atoms with van der Waals surface area (Å²) in [5, 5.41) is 3.16. The van der Waals surface area contributed by atoms with Gasteiger partial charge in [0.2, 0.25) is 5.91 Å². The minimum atomic E-state index is 0.158. The zero-order chi connectivity index (χ0) is 15.6. The van der Waals surface area contributed by atoms with Gasteiger partial charge in [0.05, 0.1) is 6.61 Å². The molecule has 2 rings (SSSR count). The normalized spacial score (nSPS) is 16.4. The molecular weight excluding hydrogens is 276 g/mol. The third-order valence-electron chi connectivity index (χ3n) is 4.05. The summed E-state index contributed by atoms with van der Waals surface area (Å²) in [4.78, 5) is 14.4. The number of rotatable bonds is 8. The van der Waals surface area contributed by atoms with Crippen molar-refractivity contribution in [1.82, 2.24) is 10.2 Å². The van der Waals surface area contributed by atoms with Crippen LogP contribution in [0.3, 0.4) is 0 Å². The van der Waals surface area contributed by atoms with Crippen molar-refractivity contribution in [1.29, 1.82) is 0 Å². The fourth-order valence-electron chi connectivity index (χ4n) is 2.86. The number of para-hydroxylation sites is 1. The van der Waals surface area contributed by atoms with Gasteiger partial charge >= 0.3 is 0 Å². The summed E-state index contributed by atoms with van der Waals surface area (Å²) in [5.41, 5.74) is 0. The molecule has 0 aliphatic carbocycles. The van der Waals surface area contributed by atoms with E-state index < -0.39 is 0 Å². The molecule has 4 nitrogen and oxygen atoms in total. The molecule has 1 aromatic carbocycles. The molecule has 0 spiro atoms. The van der Waals surface area contributed by atoms with Gasteiger partial charge < -0.3 is 15.0 Å². The molecule has 22 heavy (non-hydrogen) atoms. The summed E-state index contributed by atoms with van der Waals surface area (Å²) < 4.78 is 5.60. The van der Waals surface area contributed by atoms with Crippen molar-refractivity contribution in [2.75, 3.05) is 26.2 Å². The summed E-state index contributed by atoms with van der Waals surface area (Å²) in [7, 11) is 0. The van der Waals surface area contributed by atoms with Crippen LogP contribution in [0.2, 0.25) is 0 Å². The smallest absolute Gasteiger partial charge is 0.220 e. The first-order valence-corrected chi connectivity index (χ1v) is 8.47. The lowest BCUT2D eigenvalue weighted by Crippen LogP contribution is -2.44. The topological polar surface area (TPSA) is 41.6 Å². The molecule has 1 aliphatic heterocycles. The molecule has 1 heterocycles. The highest BCUT2D eigenvalue weighted by Crippen LogP contribution is 2.11. The number of likely N-dealkylation sites (tertiary alicyclic amines) is 1. The molecule has 0 saturated carbocycles. The number of nitrogens with zero attached hydrogens (tertiary/aromatic N) is 1. The molecule has 0 radical (unpaired) electrons. The van der Waals surface area contributed by atoms with Crippen molar-refractivity contribution in [3.05, 3.63) is 30.3 Å².